The van der Waals surface area contributed by atoms with E-state index in [1.165, 1.54) is 0 Å². The number of primary amides is 1. The molecule has 0 fully saturated rings. The highest BCUT2D eigenvalue weighted by Gasteiger charge is 2.11. The van der Waals surface area contributed by atoms with E-state index < -0.39 is 12.0 Å². The second kappa shape index (κ2) is 9.38. The molecule has 0 aliphatic carbocycles. The monoisotopic (exact) mass is 314 g/mol. The molecule has 0 saturated heterocycles. The van der Waals surface area contributed by atoms with Gasteiger partial charge in [-0.1, -0.05) is 60.7 Å². The van der Waals surface area contributed by atoms with Gasteiger partial charge in [0.2, 0.25) is 5.91 Å². The molecule has 0 heterocycles. The first-order valence-corrected chi connectivity index (χ1v) is 7.28. The maximum atomic E-state index is 10.7. The molecular formula is C18H22N2O3. The molecule has 1 amide bonds. The van der Waals surface area contributed by atoms with Crippen LogP contribution in [0.2, 0.25) is 0 Å². The van der Waals surface area contributed by atoms with Crippen molar-refractivity contribution in [2.45, 2.75) is 25.3 Å². The highest BCUT2D eigenvalue weighted by atomic mass is 16.4. The molecule has 23 heavy (non-hydrogen) atoms. The Hall–Kier alpha value is -2.66. The molecule has 0 aliphatic rings. The molecule has 5 heteroatoms. The van der Waals surface area contributed by atoms with Crippen molar-refractivity contribution in [2.24, 2.45) is 11.5 Å². The summed E-state index contributed by atoms with van der Waals surface area (Å²) in [7, 11) is 0. The van der Waals surface area contributed by atoms with Crippen LogP contribution in [0.15, 0.2) is 60.7 Å². The van der Waals surface area contributed by atoms with Crippen molar-refractivity contribution in [3.8, 4) is 0 Å². The molecule has 5 nitrogen and oxygen atoms in total. The molecule has 2 atom stereocenters. The van der Waals surface area contributed by atoms with Gasteiger partial charge < -0.3 is 16.6 Å². The minimum Gasteiger partial charge on any atom is -0.480 e. The normalized spacial score (nSPS) is 12.4. The second-order valence-corrected chi connectivity index (χ2v) is 5.17. The number of benzene rings is 2. The molecule has 0 spiro atoms. The number of nitrogens with two attached hydrogens (primary N) is 2. The minimum atomic E-state index is -0.959. The number of carbonyl (C=O) groups excluding carboxylic acids is 1. The van der Waals surface area contributed by atoms with Gasteiger partial charge in [0.15, 0.2) is 0 Å². The minimum absolute atomic E-state index is 0.184. The number of carboxylic acid groups (broad SMARTS) is 1. The van der Waals surface area contributed by atoms with Crippen LogP contribution in [0.4, 0.5) is 0 Å². The standard InChI is InChI=1S/C9H11NO2.C9H11NO/c10-8(9(11)12)6-7-4-2-1-3-5-7;1-7(9(10)11)8-5-3-2-4-6-8/h1-5,8H,6,10H2,(H,11,12);2-7H,1H3,(H2,10,11). The number of amides is 1. The predicted octanol–water partition coefficient (Wildman–Crippen LogP) is 1.92. The van der Waals surface area contributed by atoms with Crippen LogP contribution in [0.1, 0.15) is 24.0 Å². The van der Waals surface area contributed by atoms with Crippen LogP contribution in [-0.4, -0.2) is 23.0 Å². The van der Waals surface area contributed by atoms with Gasteiger partial charge >= 0.3 is 5.97 Å². The Morgan fingerprint density at radius 2 is 1.48 bits per heavy atom. The van der Waals surface area contributed by atoms with Crippen molar-refractivity contribution in [1.29, 1.82) is 0 Å². The summed E-state index contributed by atoms with van der Waals surface area (Å²) in [5, 5.41) is 8.52. The molecule has 2 rings (SSSR count). The Balaban J connectivity index is 0.000000231. The molecule has 0 aromatic heterocycles. The Kier molecular flexibility index (Phi) is 7.50. The lowest BCUT2D eigenvalue weighted by Gasteiger charge is -2.05. The molecule has 0 aliphatic heterocycles. The van der Waals surface area contributed by atoms with Crippen LogP contribution in [-0.2, 0) is 16.0 Å². The van der Waals surface area contributed by atoms with Crippen LogP contribution in [0.25, 0.3) is 0 Å². The predicted molar refractivity (Wildman–Crippen MR) is 89.8 cm³/mol. The molecular weight excluding hydrogens is 292 g/mol. The fraction of sp³-hybridized carbons (Fsp3) is 0.222. The van der Waals surface area contributed by atoms with E-state index in [0.29, 0.717) is 6.42 Å². The zero-order valence-corrected chi connectivity index (χ0v) is 13.1. The molecule has 0 bridgehead atoms. The summed E-state index contributed by atoms with van der Waals surface area (Å²) in [5.41, 5.74) is 12.4. The van der Waals surface area contributed by atoms with Crippen LogP contribution >= 0.6 is 0 Å². The quantitative estimate of drug-likeness (QED) is 0.783. The first-order chi connectivity index (χ1) is 10.9. The molecule has 0 saturated carbocycles. The fourth-order valence-electron chi connectivity index (χ4n) is 1.86. The van der Waals surface area contributed by atoms with E-state index in [1.807, 2.05) is 60.7 Å². The molecule has 0 radical (unpaired) electrons. The zero-order chi connectivity index (χ0) is 17.2. The Morgan fingerprint density at radius 3 is 1.91 bits per heavy atom. The lowest BCUT2D eigenvalue weighted by molar-refractivity contribution is -0.138. The van der Waals surface area contributed by atoms with Gasteiger partial charge in [0.25, 0.3) is 0 Å². The SMILES string of the molecule is CC(C(N)=O)c1ccccc1.NC(Cc1ccccc1)C(=O)O. The molecule has 2 aromatic carbocycles. The van der Waals surface area contributed by atoms with Crippen LogP contribution < -0.4 is 11.5 Å². The Morgan fingerprint density at radius 1 is 1.00 bits per heavy atom. The van der Waals surface area contributed by atoms with E-state index in [1.54, 1.807) is 6.92 Å². The number of aliphatic carboxylic acids is 1. The van der Waals surface area contributed by atoms with E-state index in [0.717, 1.165) is 11.1 Å². The van der Waals surface area contributed by atoms with E-state index in [2.05, 4.69) is 0 Å². The fourth-order valence-corrected chi connectivity index (χ4v) is 1.86. The number of carboxylic acids is 1. The maximum Gasteiger partial charge on any atom is 0.320 e. The highest BCUT2D eigenvalue weighted by Crippen LogP contribution is 2.12. The largest absolute Gasteiger partial charge is 0.480 e. The summed E-state index contributed by atoms with van der Waals surface area (Å²) < 4.78 is 0. The van der Waals surface area contributed by atoms with Crippen LogP contribution in [0.5, 0.6) is 0 Å². The second-order valence-electron chi connectivity index (χ2n) is 5.17. The summed E-state index contributed by atoms with van der Waals surface area (Å²) in [6.45, 7) is 1.80. The van der Waals surface area contributed by atoms with Crippen LogP contribution in [0.3, 0.4) is 0 Å². The van der Waals surface area contributed by atoms with Crippen molar-refractivity contribution < 1.29 is 14.7 Å². The zero-order valence-electron chi connectivity index (χ0n) is 13.1. The van der Waals surface area contributed by atoms with E-state index >= 15 is 0 Å². The number of rotatable bonds is 5. The smallest absolute Gasteiger partial charge is 0.320 e. The number of hydrogen-bond donors (Lipinski definition) is 3. The molecule has 5 N–H and O–H groups in total. The molecule has 2 aromatic rings. The van der Waals surface area contributed by atoms with Gasteiger partial charge in [-0.3, -0.25) is 9.59 Å². The third kappa shape index (κ3) is 6.76. The van der Waals surface area contributed by atoms with Gasteiger partial charge in [-0.15, -0.1) is 0 Å². The van der Waals surface area contributed by atoms with Gasteiger partial charge in [0.05, 0.1) is 5.92 Å². The van der Waals surface area contributed by atoms with Crippen molar-refractivity contribution in [3.63, 3.8) is 0 Å². The Bertz CT molecular complexity index is 615. The third-order valence-electron chi connectivity index (χ3n) is 3.34. The summed E-state index contributed by atoms with van der Waals surface area (Å²) >= 11 is 0. The molecule has 122 valence electrons. The van der Waals surface area contributed by atoms with Crippen LogP contribution in [0, 0.1) is 0 Å². The Labute approximate surface area is 135 Å². The summed E-state index contributed by atoms with van der Waals surface area (Å²) in [6.07, 6.45) is 0.385. The van der Waals surface area contributed by atoms with Crippen molar-refractivity contribution in [2.75, 3.05) is 0 Å². The summed E-state index contributed by atoms with van der Waals surface area (Å²) in [6, 6.07) is 18.0. The molecule has 2 unspecified atom stereocenters. The van der Waals surface area contributed by atoms with E-state index in [9.17, 15) is 9.59 Å². The van der Waals surface area contributed by atoms with Crippen molar-refractivity contribution in [3.05, 3.63) is 71.8 Å². The van der Waals surface area contributed by atoms with Gasteiger partial charge in [-0.2, -0.15) is 0 Å². The van der Waals surface area contributed by atoms with Gasteiger partial charge in [-0.25, -0.2) is 0 Å². The van der Waals surface area contributed by atoms with Crippen molar-refractivity contribution in [1.82, 2.24) is 0 Å². The third-order valence-corrected chi connectivity index (χ3v) is 3.34. The average molecular weight is 314 g/mol. The first kappa shape index (κ1) is 18.4. The topological polar surface area (TPSA) is 106 Å². The number of carbonyl (C=O) groups is 2. The van der Waals surface area contributed by atoms with E-state index in [4.69, 9.17) is 16.6 Å². The first-order valence-electron chi connectivity index (χ1n) is 7.28. The maximum absolute atomic E-state index is 10.7. The lowest BCUT2D eigenvalue weighted by atomic mass is 10.0. The lowest BCUT2D eigenvalue weighted by Crippen LogP contribution is -2.32. The van der Waals surface area contributed by atoms with E-state index in [-0.39, 0.29) is 11.8 Å². The summed E-state index contributed by atoms with van der Waals surface area (Å²) in [4.78, 5) is 21.1. The van der Waals surface area contributed by atoms with Gasteiger partial charge in [-0.05, 0) is 24.5 Å². The average Bonchev–Trinajstić information content (AvgIpc) is 2.56. The highest BCUT2D eigenvalue weighted by molar-refractivity contribution is 5.81. The van der Waals surface area contributed by atoms with Crippen molar-refractivity contribution >= 4 is 11.9 Å². The van der Waals surface area contributed by atoms with Gasteiger partial charge in [0, 0.05) is 0 Å². The summed E-state index contributed by atoms with van der Waals surface area (Å²) in [5.74, 6) is -1.42. The van der Waals surface area contributed by atoms with Gasteiger partial charge in [0.1, 0.15) is 6.04 Å². The number of hydrogen-bond acceptors (Lipinski definition) is 3.